The average Bonchev–Trinajstić information content (AvgIpc) is 2.03. The quantitative estimate of drug-likeness (QED) is 0.644. The van der Waals surface area contributed by atoms with E-state index in [2.05, 4.69) is 26.5 Å². The SMILES string of the molecule is C=CC(O)C=C(C)CCC=C(C)C. The van der Waals surface area contributed by atoms with Crippen LogP contribution in [-0.2, 0) is 0 Å². The molecule has 0 spiro atoms. The first kappa shape index (κ1) is 12.2. The van der Waals surface area contributed by atoms with Crippen LogP contribution in [0.5, 0.6) is 0 Å². The zero-order valence-corrected chi connectivity index (χ0v) is 8.88. The van der Waals surface area contributed by atoms with E-state index in [0.717, 1.165) is 12.8 Å². The summed E-state index contributed by atoms with van der Waals surface area (Å²) >= 11 is 0. The lowest BCUT2D eigenvalue weighted by atomic mass is 10.1. The second-order valence-electron chi connectivity index (χ2n) is 3.56. The Balaban J connectivity index is 3.86. The Bertz CT molecular complexity index is 207. The smallest absolute Gasteiger partial charge is 0.0902 e. The maximum absolute atomic E-state index is 9.23. The van der Waals surface area contributed by atoms with Crippen LogP contribution in [-0.4, -0.2) is 11.2 Å². The molecule has 1 unspecified atom stereocenters. The Morgan fingerprint density at radius 2 is 2.00 bits per heavy atom. The molecule has 0 aromatic carbocycles. The molecule has 1 nitrogen and oxygen atoms in total. The molecule has 74 valence electrons. The number of hydrogen-bond acceptors (Lipinski definition) is 1. The fourth-order valence-electron chi connectivity index (χ4n) is 1.03. The number of aliphatic hydroxyl groups is 1. The normalized spacial score (nSPS) is 13.7. The first-order valence-corrected chi connectivity index (χ1v) is 4.67. The number of aliphatic hydroxyl groups excluding tert-OH is 1. The van der Waals surface area contributed by atoms with Crippen LogP contribution in [0.15, 0.2) is 36.0 Å². The van der Waals surface area contributed by atoms with Gasteiger partial charge in [0.05, 0.1) is 6.10 Å². The molecule has 1 N–H and O–H groups in total. The van der Waals surface area contributed by atoms with Crippen LogP contribution in [0.4, 0.5) is 0 Å². The van der Waals surface area contributed by atoms with Crippen LogP contribution in [0.3, 0.4) is 0 Å². The number of rotatable bonds is 5. The first-order chi connectivity index (χ1) is 6.06. The second-order valence-corrected chi connectivity index (χ2v) is 3.56. The van der Waals surface area contributed by atoms with Gasteiger partial charge in [0.25, 0.3) is 0 Å². The molecule has 0 aliphatic rings. The van der Waals surface area contributed by atoms with E-state index in [-0.39, 0.29) is 0 Å². The van der Waals surface area contributed by atoms with Crippen molar-refractivity contribution in [2.45, 2.75) is 39.7 Å². The zero-order chi connectivity index (χ0) is 10.3. The van der Waals surface area contributed by atoms with E-state index in [1.807, 2.05) is 13.0 Å². The minimum absolute atomic E-state index is 0.494. The molecule has 0 fully saturated rings. The predicted octanol–water partition coefficient (Wildman–Crippen LogP) is 3.23. The van der Waals surface area contributed by atoms with Gasteiger partial charge in [-0.1, -0.05) is 29.4 Å². The van der Waals surface area contributed by atoms with E-state index in [0.29, 0.717) is 0 Å². The Morgan fingerprint density at radius 3 is 2.46 bits per heavy atom. The predicted molar refractivity (Wildman–Crippen MR) is 58.6 cm³/mol. The molecule has 0 radical (unpaired) electrons. The van der Waals surface area contributed by atoms with Crippen molar-refractivity contribution < 1.29 is 5.11 Å². The summed E-state index contributed by atoms with van der Waals surface area (Å²) in [4.78, 5) is 0. The highest BCUT2D eigenvalue weighted by Gasteiger charge is 1.93. The van der Waals surface area contributed by atoms with Crippen LogP contribution in [0.25, 0.3) is 0 Å². The molecule has 0 aliphatic carbocycles. The lowest BCUT2D eigenvalue weighted by Crippen LogP contribution is -1.96. The summed E-state index contributed by atoms with van der Waals surface area (Å²) in [6.07, 6.45) is 7.14. The third-order valence-electron chi connectivity index (χ3n) is 1.79. The van der Waals surface area contributed by atoms with Gasteiger partial charge in [-0.05, 0) is 33.6 Å². The Kier molecular flexibility index (Phi) is 6.25. The molecule has 0 bridgehead atoms. The van der Waals surface area contributed by atoms with E-state index in [4.69, 9.17) is 0 Å². The van der Waals surface area contributed by atoms with Gasteiger partial charge in [-0.25, -0.2) is 0 Å². The topological polar surface area (TPSA) is 20.2 Å². The fraction of sp³-hybridized carbons (Fsp3) is 0.500. The van der Waals surface area contributed by atoms with Crippen LogP contribution < -0.4 is 0 Å². The lowest BCUT2D eigenvalue weighted by molar-refractivity contribution is 0.271. The molecule has 0 rings (SSSR count). The van der Waals surface area contributed by atoms with Gasteiger partial charge in [0, 0.05) is 0 Å². The highest BCUT2D eigenvalue weighted by molar-refractivity contribution is 5.08. The standard InChI is InChI=1S/C12H20O/c1-5-12(13)9-11(4)8-6-7-10(2)3/h5,7,9,12-13H,1,6,8H2,2-4H3. The molecule has 0 aromatic rings. The Morgan fingerprint density at radius 1 is 1.38 bits per heavy atom. The van der Waals surface area contributed by atoms with Crippen molar-refractivity contribution in [2.75, 3.05) is 0 Å². The number of hydrogen-bond donors (Lipinski definition) is 1. The highest BCUT2D eigenvalue weighted by Crippen LogP contribution is 2.07. The summed E-state index contributed by atoms with van der Waals surface area (Å²) < 4.78 is 0. The first-order valence-electron chi connectivity index (χ1n) is 4.67. The molecule has 1 heteroatoms. The minimum Gasteiger partial charge on any atom is -0.385 e. The largest absolute Gasteiger partial charge is 0.385 e. The second kappa shape index (κ2) is 6.67. The van der Waals surface area contributed by atoms with Gasteiger partial charge in [-0.3, -0.25) is 0 Å². The van der Waals surface area contributed by atoms with Gasteiger partial charge in [-0.2, -0.15) is 0 Å². The third-order valence-corrected chi connectivity index (χ3v) is 1.79. The summed E-state index contributed by atoms with van der Waals surface area (Å²) in [5.41, 5.74) is 2.56. The van der Waals surface area contributed by atoms with Gasteiger partial charge < -0.3 is 5.11 Å². The van der Waals surface area contributed by atoms with E-state index in [1.54, 1.807) is 0 Å². The van der Waals surface area contributed by atoms with Gasteiger partial charge in [0.15, 0.2) is 0 Å². The van der Waals surface area contributed by atoms with Crippen molar-refractivity contribution in [1.29, 1.82) is 0 Å². The van der Waals surface area contributed by atoms with Crippen LogP contribution >= 0.6 is 0 Å². The molecule has 0 saturated carbocycles. The molecule has 0 aromatic heterocycles. The van der Waals surface area contributed by atoms with Crippen LogP contribution in [0.2, 0.25) is 0 Å². The molecule has 0 saturated heterocycles. The lowest BCUT2D eigenvalue weighted by Gasteiger charge is -2.01. The van der Waals surface area contributed by atoms with Gasteiger partial charge in [-0.15, -0.1) is 6.58 Å². The van der Waals surface area contributed by atoms with Crippen molar-refractivity contribution in [2.24, 2.45) is 0 Å². The highest BCUT2D eigenvalue weighted by atomic mass is 16.3. The zero-order valence-electron chi connectivity index (χ0n) is 8.88. The van der Waals surface area contributed by atoms with Gasteiger partial charge in [0.2, 0.25) is 0 Å². The molecule has 0 aliphatic heterocycles. The van der Waals surface area contributed by atoms with E-state index >= 15 is 0 Å². The molecule has 0 heterocycles. The van der Waals surface area contributed by atoms with Crippen molar-refractivity contribution in [3.63, 3.8) is 0 Å². The fourth-order valence-corrected chi connectivity index (χ4v) is 1.03. The maximum atomic E-state index is 9.23. The van der Waals surface area contributed by atoms with E-state index < -0.39 is 6.10 Å². The van der Waals surface area contributed by atoms with Crippen LogP contribution in [0.1, 0.15) is 33.6 Å². The molecular weight excluding hydrogens is 160 g/mol. The monoisotopic (exact) mass is 180 g/mol. The number of allylic oxidation sites excluding steroid dienone is 3. The van der Waals surface area contributed by atoms with Crippen LogP contribution in [0, 0.1) is 0 Å². The summed E-state index contributed by atoms with van der Waals surface area (Å²) in [6.45, 7) is 9.74. The third kappa shape index (κ3) is 7.54. The summed E-state index contributed by atoms with van der Waals surface area (Å²) in [5, 5.41) is 9.23. The van der Waals surface area contributed by atoms with E-state index in [1.165, 1.54) is 17.2 Å². The summed E-state index contributed by atoms with van der Waals surface area (Å²) in [6, 6.07) is 0. The Hall–Kier alpha value is -0.820. The maximum Gasteiger partial charge on any atom is 0.0902 e. The Labute approximate surface area is 81.5 Å². The minimum atomic E-state index is -0.494. The van der Waals surface area contributed by atoms with Crippen molar-refractivity contribution >= 4 is 0 Å². The van der Waals surface area contributed by atoms with Crippen molar-refractivity contribution in [3.05, 3.63) is 36.0 Å². The van der Waals surface area contributed by atoms with Crippen molar-refractivity contribution in [1.82, 2.24) is 0 Å². The van der Waals surface area contributed by atoms with Gasteiger partial charge in [0.1, 0.15) is 0 Å². The van der Waals surface area contributed by atoms with Gasteiger partial charge >= 0.3 is 0 Å². The summed E-state index contributed by atoms with van der Waals surface area (Å²) in [5.74, 6) is 0. The molecular formula is C12H20O. The summed E-state index contributed by atoms with van der Waals surface area (Å²) in [7, 11) is 0. The molecule has 13 heavy (non-hydrogen) atoms. The van der Waals surface area contributed by atoms with E-state index in [9.17, 15) is 5.11 Å². The molecule has 0 amide bonds. The van der Waals surface area contributed by atoms with Crippen molar-refractivity contribution in [3.8, 4) is 0 Å². The molecule has 1 atom stereocenters. The average molecular weight is 180 g/mol.